The maximum atomic E-state index is 12.7. The molecule has 1 aliphatic rings. The Hall–Kier alpha value is -2.58. The molecule has 1 atom stereocenters. The van der Waals surface area contributed by atoms with Gasteiger partial charge in [0.1, 0.15) is 5.76 Å². The Morgan fingerprint density at radius 2 is 1.94 bits per heavy atom. The lowest BCUT2D eigenvalue weighted by molar-refractivity contribution is -0.119. The van der Waals surface area contributed by atoms with Crippen LogP contribution in [0.4, 0.5) is 5.82 Å². The molecule has 3 aromatic rings. The van der Waals surface area contributed by atoms with Gasteiger partial charge >= 0.3 is 0 Å². The number of fused-ring (bicyclic) bond motifs is 1. The Balaban J connectivity index is 1.35. The van der Waals surface area contributed by atoms with E-state index in [1.165, 1.54) is 35.7 Å². The van der Waals surface area contributed by atoms with Gasteiger partial charge in [-0.15, -0.1) is 23.1 Å². The lowest BCUT2D eigenvalue weighted by Gasteiger charge is -2.22. The third-order valence-electron chi connectivity index (χ3n) is 5.20. The monoisotopic (exact) mass is 455 g/mol. The molecule has 0 saturated carbocycles. The van der Waals surface area contributed by atoms with Crippen molar-refractivity contribution in [3.63, 3.8) is 0 Å². The molecule has 0 fully saturated rings. The molecule has 2 amide bonds. The number of carbonyl (C=O) groups excluding carboxylic acids is 2. The Morgan fingerprint density at radius 3 is 2.68 bits per heavy atom. The molecule has 31 heavy (non-hydrogen) atoms. The van der Waals surface area contributed by atoms with Crippen molar-refractivity contribution in [1.82, 2.24) is 10.5 Å². The van der Waals surface area contributed by atoms with Crippen LogP contribution in [0.25, 0.3) is 0 Å². The van der Waals surface area contributed by atoms with Crippen molar-refractivity contribution < 1.29 is 14.1 Å². The second kappa shape index (κ2) is 10.2. The largest absolute Gasteiger partial charge is 0.360 e. The highest BCUT2D eigenvalue weighted by Gasteiger charge is 2.20. The summed E-state index contributed by atoms with van der Waals surface area (Å²) in [5.74, 6) is 1.09. The van der Waals surface area contributed by atoms with Crippen molar-refractivity contribution in [3.05, 3.63) is 69.1 Å². The van der Waals surface area contributed by atoms with Gasteiger partial charge in [0.15, 0.2) is 5.82 Å². The normalized spacial score (nSPS) is 14.0. The Kier molecular flexibility index (Phi) is 7.09. The predicted molar refractivity (Wildman–Crippen MR) is 125 cm³/mol. The quantitative estimate of drug-likeness (QED) is 0.522. The van der Waals surface area contributed by atoms with Gasteiger partial charge in [-0.1, -0.05) is 29.4 Å². The van der Waals surface area contributed by atoms with Gasteiger partial charge in [-0.05, 0) is 60.7 Å². The molecule has 8 heteroatoms. The van der Waals surface area contributed by atoms with Gasteiger partial charge in [0.25, 0.3) is 0 Å². The number of thioether (sulfide) groups is 1. The minimum Gasteiger partial charge on any atom is -0.360 e. The first-order chi connectivity index (χ1) is 15.1. The van der Waals surface area contributed by atoms with Gasteiger partial charge in [-0.2, -0.15) is 0 Å². The number of rotatable bonds is 8. The molecule has 0 bridgehead atoms. The lowest BCUT2D eigenvalue weighted by Crippen LogP contribution is -2.31. The summed E-state index contributed by atoms with van der Waals surface area (Å²) in [5, 5.41) is 11.6. The molecule has 162 valence electrons. The molecular weight excluding hydrogens is 430 g/mol. The number of aromatic nitrogens is 1. The zero-order valence-corrected chi connectivity index (χ0v) is 19.0. The number of aryl methyl sites for hydroxylation is 3. The van der Waals surface area contributed by atoms with Crippen molar-refractivity contribution in [1.29, 1.82) is 0 Å². The number of hydrogen-bond donors (Lipinski definition) is 2. The van der Waals surface area contributed by atoms with Crippen LogP contribution in [0.15, 0.2) is 46.3 Å². The molecule has 0 aliphatic heterocycles. The van der Waals surface area contributed by atoms with Gasteiger partial charge < -0.3 is 15.2 Å². The van der Waals surface area contributed by atoms with Crippen LogP contribution < -0.4 is 10.6 Å². The molecule has 4 rings (SSSR count). The predicted octanol–water partition coefficient (Wildman–Crippen LogP) is 4.50. The van der Waals surface area contributed by atoms with Crippen LogP contribution in [0.5, 0.6) is 0 Å². The fourth-order valence-electron chi connectivity index (χ4n) is 3.75. The fraction of sp³-hybridized carbons (Fsp3) is 0.348. The third-order valence-corrected chi connectivity index (χ3v) is 7.07. The maximum Gasteiger partial charge on any atom is 0.235 e. The zero-order chi connectivity index (χ0) is 21.6. The number of carbonyl (C=O) groups is 2. The number of thiophene rings is 1. The number of nitrogens with zero attached hydrogens (tertiary/aromatic N) is 1. The Morgan fingerprint density at radius 1 is 1.13 bits per heavy atom. The van der Waals surface area contributed by atoms with Crippen LogP contribution in [-0.2, 0) is 22.4 Å². The standard InChI is InChI=1S/C23H25N3O3S2/c1-15-11-20(26-29-15)24-21(27)13-30-14-22(28)25-23(19-7-4-10-31-19)18-9-8-16-5-2-3-6-17(16)12-18/h4,7-12,23H,2-3,5-6,13-14H2,1H3,(H,25,28)(H,24,26,27). The highest BCUT2D eigenvalue weighted by molar-refractivity contribution is 8.00. The van der Waals surface area contributed by atoms with E-state index in [1.54, 1.807) is 24.3 Å². The smallest absolute Gasteiger partial charge is 0.235 e. The first-order valence-electron chi connectivity index (χ1n) is 10.3. The van der Waals surface area contributed by atoms with Crippen molar-refractivity contribution in [2.75, 3.05) is 16.8 Å². The fourth-order valence-corrected chi connectivity index (χ4v) is 5.18. The van der Waals surface area contributed by atoms with Gasteiger partial charge in [-0.3, -0.25) is 9.59 Å². The van der Waals surface area contributed by atoms with E-state index in [0.717, 1.165) is 23.3 Å². The van der Waals surface area contributed by atoms with E-state index >= 15 is 0 Å². The van der Waals surface area contributed by atoms with E-state index in [9.17, 15) is 9.59 Å². The van der Waals surface area contributed by atoms with E-state index in [0.29, 0.717) is 11.6 Å². The first kappa shape index (κ1) is 21.6. The topological polar surface area (TPSA) is 84.2 Å². The molecule has 2 aromatic heterocycles. The van der Waals surface area contributed by atoms with Gasteiger partial charge in [0, 0.05) is 10.9 Å². The summed E-state index contributed by atoms with van der Waals surface area (Å²) in [6.45, 7) is 1.76. The molecule has 6 nitrogen and oxygen atoms in total. The number of hydrogen-bond acceptors (Lipinski definition) is 6. The maximum absolute atomic E-state index is 12.7. The van der Waals surface area contributed by atoms with Crippen LogP contribution in [0, 0.1) is 6.92 Å². The first-order valence-corrected chi connectivity index (χ1v) is 12.4. The molecule has 0 radical (unpaired) electrons. The average Bonchev–Trinajstić information content (AvgIpc) is 3.43. The minimum atomic E-state index is -0.212. The molecule has 0 saturated heterocycles. The molecule has 2 N–H and O–H groups in total. The summed E-state index contributed by atoms with van der Waals surface area (Å²) in [4.78, 5) is 25.8. The Labute approximate surface area is 189 Å². The second-order valence-corrected chi connectivity index (χ2v) is 9.58. The highest BCUT2D eigenvalue weighted by atomic mass is 32.2. The van der Waals surface area contributed by atoms with Crippen molar-refractivity contribution in [3.8, 4) is 0 Å². The van der Waals surface area contributed by atoms with Crippen LogP contribution >= 0.6 is 23.1 Å². The summed E-state index contributed by atoms with van der Waals surface area (Å²) in [6, 6.07) is 12.1. The van der Waals surface area contributed by atoms with Crippen molar-refractivity contribution in [2.24, 2.45) is 0 Å². The van der Waals surface area contributed by atoms with Gasteiger partial charge in [0.05, 0.1) is 17.5 Å². The Bertz CT molecular complexity index is 1050. The summed E-state index contributed by atoms with van der Waals surface area (Å²) >= 11 is 2.91. The van der Waals surface area contributed by atoms with Crippen LogP contribution in [0.2, 0.25) is 0 Å². The summed E-state index contributed by atoms with van der Waals surface area (Å²) < 4.78 is 4.93. The lowest BCUT2D eigenvalue weighted by atomic mass is 9.89. The minimum absolute atomic E-state index is 0.0915. The second-order valence-electron chi connectivity index (χ2n) is 7.61. The number of amides is 2. The molecule has 0 spiro atoms. The van der Waals surface area contributed by atoms with E-state index < -0.39 is 0 Å². The van der Waals surface area contributed by atoms with E-state index in [1.807, 2.05) is 11.4 Å². The summed E-state index contributed by atoms with van der Waals surface area (Å²) in [5.41, 5.74) is 3.93. The third kappa shape index (κ3) is 5.77. The zero-order valence-electron chi connectivity index (χ0n) is 17.3. The number of anilines is 1. The van der Waals surface area contributed by atoms with Crippen molar-refractivity contribution in [2.45, 2.75) is 38.6 Å². The number of nitrogens with one attached hydrogen (secondary N) is 2. The highest BCUT2D eigenvalue weighted by Crippen LogP contribution is 2.30. The molecular formula is C23H25N3O3S2. The summed E-state index contributed by atoms with van der Waals surface area (Å²) in [6.07, 6.45) is 4.71. The van der Waals surface area contributed by atoms with Crippen molar-refractivity contribution >= 4 is 40.7 Å². The summed E-state index contributed by atoms with van der Waals surface area (Å²) in [7, 11) is 0. The van der Waals surface area contributed by atoms with Gasteiger partial charge in [0.2, 0.25) is 11.8 Å². The molecule has 1 aliphatic carbocycles. The van der Waals surface area contributed by atoms with Crippen LogP contribution in [-0.4, -0.2) is 28.5 Å². The average molecular weight is 456 g/mol. The van der Waals surface area contributed by atoms with Crippen LogP contribution in [0.1, 0.15) is 46.2 Å². The molecule has 1 unspecified atom stereocenters. The molecule has 2 heterocycles. The molecule has 1 aromatic carbocycles. The van der Waals surface area contributed by atoms with Gasteiger partial charge in [-0.25, -0.2) is 0 Å². The van der Waals surface area contributed by atoms with E-state index in [-0.39, 0.29) is 29.4 Å². The van der Waals surface area contributed by atoms with Crippen LogP contribution in [0.3, 0.4) is 0 Å². The van der Waals surface area contributed by atoms with E-state index in [4.69, 9.17) is 4.52 Å². The van der Waals surface area contributed by atoms with E-state index in [2.05, 4.69) is 40.1 Å². The SMILES string of the molecule is Cc1cc(NC(=O)CSCC(=O)NC(c2ccc3c(c2)CCCC3)c2cccs2)no1. The number of benzene rings is 1.